The number of esters is 1. The van der Waals surface area contributed by atoms with E-state index >= 15 is 0 Å². The summed E-state index contributed by atoms with van der Waals surface area (Å²) in [5, 5.41) is 0. The minimum absolute atomic E-state index is 0.246. The van der Waals surface area contributed by atoms with Gasteiger partial charge in [0.15, 0.2) is 0 Å². The molecule has 0 atom stereocenters. The van der Waals surface area contributed by atoms with Gasteiger partial charge in [-0.15, -0.1) is 4.73 Å². The van der Waals surface area contributed by atoms with E-state index in [0.29, 0.717) is 11.0 Å². The van der Waals surface area contributed by atoms with Gasteiger partial charge < -0.3 is 9.57 Å². The average molecular weight is 292 g/mol. The Kier molecular flexibility index (Phi) is 3.84. The van der Waals surface area contributed by atoms with E-state index in [1.165, 1.54) is 18.6 Å². The molecule has 0 fully saturated rings. The smallest absolute Gasteiger partial charge is 0.363 e. The number of aromatic nitrogens is 2. The van der Waals surface area contributed by atoms with E-state index in [4.69, 9.17) is 4.84 Å². The van der Waals surface area contributed by atoms with E-state index in [9.17, 15) is 14.4 Å². The summed E-state index contributed by atoms with van der Waals surface area (Å²) in [6, 6.07) is 3.61. The SMILES string of the molecule is COC(=O)Cn1c(=O)n(OC(C)=O)c2cc(C)cc(C)c21. The van der Waals surface area contributed by atoms with Crippen molar-refractivity contribution >= 4 is 23.0 Å². The van der Waals surface area contributed by atoms with Crippen LogP contribution >= 0.6 is 0 Å². The van der Waals surface area contributed by atoms with Crippen molar-refractivity contribution in [1.82, 2.24) is 9.30 Å². The monoisotopic (exact) mass is 292 g/mol. The molecule has 0 saturated heterocycles. The van der Waals surface area contributed by atoms with Crippen molar-refractivity contribution in [1.29, 1.82) is 0 Å². The highest BCUT2D eigenvalue weighted by Gasteiger charge is 2.19. The van der Waals surface area contributed by atoms with E-state index in [-0.39, 0.29) is 6.54 Å². The fourth-order valence-electron chi connectivity index (χ4n) is 2.31. The molecule has 2 rings (SSSR count). The summed E-state index contributed by atoms with van der Waals surface area (Å²) in [5.41, 5.74) is 2.10. The topological polar surface area (TPSA) is 79.5 Å². The number of hydrogen-bond donors (Lipinski definition) is 0. The van der Waals surface area contributed by atoms with Gasteiger partial charge in [-0.05, 0) is 31.0 Å². The third-order valence-electron chi connectivity index (χ3n) is 3.05. The van der Waals surface area contributed by atoms with Crippen molar-refractivity contribution in [3.05, 3.63) is 33.7 Å². The Balaban J connectivity index is 2.78. The zero-order valence-corrected chi connectivity index (χ0v) is 12.3. The Morgan fingerprint density at radius 3 is 2.48 bits per heavy atom. The number of carbonyl (C=O) groups excluding carboxylic acids is 2. The van der Waals surface area contributed by atoms with Gasteiger partial charge in [-0.25, -0.2) is 9.59 Å². The average Bonchev–Trinajstić information content (AvgIpc) is 2.63. The summed E-state index contributed by atoms with van der Waals surface area (Å²) < 4.78 is 6.73. The summed E-state index contributed by atoms with van der Waals surface area (Å²) in [5.74, 6) is -1.17. The van der Waals surface area contributed by atoms with Crippen LogP contribution in [-0.4, -0.2) is 28.3 Å². The van der Waals surface area contributed by atoms with Crippen molar-refractivity contribution in [3.63, 3.8) is 0 Å². The molecule has 21 heavy (non-hydrogen) atoms. The lowest BCUT2D eigenvalue weighted by atomic mass is 10.1. The summed E-state index contributed by atoms with van der Waals surface area (Å²) in [4.78, 5) is 40.0. The molecule has 1 heterocycles. The van der Waals surface area contributed by atoms with Gasteiger partial charge in [-0.3, -0.25) is 9.36 Å². The fraction of sp³-hybridized carbons (Fsp3) is 0.357. The maximum absolute atomic E-state index is 12.4. The first-order valence-corrected chi connectivity index (χ1v) is 6.33. The number of benzene rings is 1. The van der Waals surface area contributed by atoms with E-state index in [1.54, 1.807) is 6.07 Å². The molecule has 1 aromatic heterocycles. The summed E-state index contributed by atoms with van der Waals surface area (Å²) >= 11 is 0. The number of rotatable bonds is 3. The van der Waals surface area contributed by atoms with Crippen molar-refractivity contribution in [2.45, 2.75) is 27.3 Å². The van der Waals surface area contributed by atoms with Crippen molar-refractivity contribution < 1.29 is 19.2 Å². The number of ether oxygens (including phenoxy) is 1. The molecule has 7 heteroatoms. The Bertz CT molecular complexity index is 785. The van der Waals surface area contributed by atoms with Crippen LogP contribution in [0.1, 0.15) is 18.1 Å². The third-order valence-corrected chi connectivity index (χ3v) is 3.05. The van der Waals surface area contributed by atoms with Gasteiger partial charge in [0.25, 0.3) is 0 Å². The van der Waals surface area contributed by atoms with Gasteiger partial charge in [0, 0.05) is 6.92 Å². The molecule has 0 spiro atoms. The largest absolute Gasteiger partial charge is 0.468 e. The van der Waals surface area contributed by atoms with Gasteiger partial charge >= 0.3 is 17.6 Å². The van der Waals surface area contributed by atoms with Crippen LogP contribution < -0.4 is 10.5 Å². The molecule has 1 aromatic carbocycles. The molecule has 0 bridgehead atoms. The van der Waals surface area contributed by atoms with E-state index in [1.807, 2.05) is 19.9 Å². The maximum atomic E-state index is 12.4. The fourth-order valence-corrected chi connectivity index (χ4v) is 2.31. The number of imidazole rings is 1. The molecule has 112 valence electrons. The first-order chi connectivity index (χ1) is 9.85. The number of methoxy groups -OCH3 is 1. The summed E-state index contributed by atoms with van der Waals surface area (Å²) in [7, 11) is 1.25. The van der Waals surface area contributed by atoms with Crippen LogP contribution in [0.5, 0.6) is 0 Å². The minimum Gasteiger partial charge on any atom is -0.468 e. The highest BCUT2D eigenvalue weighted by atomic mass is 16.7. The Morgan fingerprint density at radius 1 is 1.24 bits per heavy atom. The molecule has 0 aliphatic heterocycles. The van der Waals surface area contributed by atoms with Gasteiger partial charge in [0.1, 0.15) is 12.1 Å². The van der Waals surface area contributed by atoms with Crippen LogP contribution in [0, 0.1) is 13.8 Å². The van der Waals surface area contributed by atoms with E-state index in [2.05, 4.69) is 4.74 Å². The zero-order chi connectivity index (χ0) is 15.7. The molecule has 0 unspecified atom stereocenters. The van der Waals surface area contributed by atoms with Crippen LogP contribution in [0.25, 0.3) is 11.0 Å². The van der Waals surface area contributed by atoms with Crippen LogP contribution in [0.4, 0.5) is 0 Å². The summed E-state index contributed by atoms with van der Waals surface area (Å²) in [6.07, 6.45) is 0. The molecule has 0 amide bonds. The summed E-state index contributed by atoms with van der Waals surface area (Å²) in [6.45, 7) is 4.65. The normalized spacial score (nSPS) is 10.7. The van der Waals surface area contributed by atoms with Crippen molar-refractivity contribution in [2.75, 3.05) is 7.11 Å². The highest BCUT2D eigenvalue weighted by molar-refractivity contribution is 5.82. The third kappa shape index (κ3) is 2.67. The Hall–Kier alpha value is -2.57. The van der Waals surface area contributed by atoms with E-state index < -0.39 is 17.6 Å². The van der Waals surface area contributed by atoms with Crippen LogP contribution in [0.2, 0.25) is 0 Å². The molecule has 0 aliphatic rings. The Labute approximate surface area is 120 Å². The lowest BCUT2D eigenvalue weighted by Gasteiger charge is -2.05. The zero-order valence-electron chi connectivity index (χ0n) is 12.3. The van der Waals surface area contributed by atoms with Crippen LogP contribution in [0.15, 0.2) is 16.9 Å². The molecule has 0 radical (unpaired) electrons. The lowest BCUT2D eigenvalue weighted by molar-refractivity contribution is -0.141. The molecular weight excluding hydrogens is 276 g/mol. The number of fused-ring (bicyclic) bond motifs is 1. The van der Waals surface area contributed by atoms with Crippen LogP contribution in [0.3, 0.4) is 0 Å². The van der Waals surface area contributed by atoms with Gasteiger partial charge in [0.05, 0.1) is 12.6 Å². The predicted octanol–water partition coefficient (Wildman–Crippen LogP) is 0.568. The quantitative estimate of drug-likeness (QED) is 0.773. The van der Waals surface area contributed by atoms with Gasteiger partial charge in [-0.1, -0.05) is 6.07 Å². The first-order valence-electron chi connectivity index (χ1n) is 6.33. The van der Waals surface area contributed by atoms with Crippen LogP contribution in [-0.2, 0) is 20.9 Å². The number of nitrogens with zero attached hydrogens (tertiary/aromatic N) is 2. The molecule has 0 saturated carbocycles. The second kappa shape index (κ2) is 5.43. The second-order valence-corrected chi connectivity index (χ2v) is 4.77. The second-order valence-electron chi connectivity index (χ2n) is 4.77. The Morgan fingerprint density at radius 2 is 1.90 bits per heavy atom. The van der Waals surface area contributed by atoms with Crippen molar-refractivity contribution in [2.24, 2.45) is 0 Å². The van der Waals surface area contributed by atoms with E-state index in [0.717, 1.165) is 15.9 Å². The first kappa shape index (κ1) is 14.8. The number of aryl methyl sites for hydroxylation is 2. The molecular formula is C14H16N2O5. The predicted molar refractivity (Wildman–Crippen MR) is 74.9 cm³/mol. The molecule has 7 nitrogen and oxygen atoms in total. The van der Waals surface area contributed by atoms with Crippen molar-refractivity contribution in [3.8, 4) is 0 Å². The van der Waals surface area contributed by atoms with Gasteiger partial charge in [0.2, 0.25) is 0 Å². The minimum atomic E-state index is -0.617. The molecule has 0 N–H and O–H groups in total. The molecule has 2 aromatic rings. The number of hydrogen-bond acceptors (Lipinski definition) is 5. The maximum Gasteiger partial charge on any atom is 0.363 e. The van der Waals surface area contributed by atoms with Gasteiger partial charge in [-0.2, -0.15) is 0 Å². The molecule has 0 aliphatic carbocycles. The highest BCUT2D eigenvalue weighted by Crippen LogP contribution is 2.19. The lowest BCUT2D eigenvalue weighted by Crippen LogP contribution is -2.32. The standard InChI is InChI=1S/C14H16N2O5/c1-8-5-9(2)13-11(6-8)16(21-10(3)17)14(19)15(13)7-12(18)20-4/h5-6H,7H2,1-4H3. The number of carbonyl (C=O) groups is 2.